The number of para-hydroxylation sites is 1. The van der Waals surface area contributed by atoms with Gasteiger partial charge in [-0.3, -0.25) is 14.9 Å². The Hall–Kier alpha value is -3.82. The SMILES string of the molecule is O=C1C/C(=C\c2cnn3c(Nc4ccccc4)nc(N4CCC(F)C4)nc23)C(=O)N1. The van der Waals surface area contributed by atoms with Crippen molar-refractivity contribution in [1.82, 2.24) is 24.9 Å². The zero-order valence-corrected chi connectivity index (χ0v) is 15.9. The van der Waals surface area contributed by atoms with Crippen molar-refractivity contribution in [2.45, 2.75) is 19.0 Å². The highest BCUT2D eigenvalue weighted by atomic mass is 19.1. The van der Waals surface area contributed by atoms with E-state index in [1.165, 1.54) is 4.52 Å². The molecule has 2 aliphatic heterocycles. The third-order valence-corrected chi connectivity index (χ3v) is 5.05. The molecule has 5 rings (SSSR count). The van der Waals surface area contributed by atoms with E-state index in [0.29, 0.717) is 41.6 Å². The maximum Gasteiger partial charge on any atom is 0.254 e. The van der Waals surface area contributed by atoms with E-state index in [-0.39, 0.29) is 18.9 Å². The number of rotatable bonds is 4. The van der Waals surface area contributed by atoms with Gasteiger partial charge in [-0.05, 0) is 24.6 Å². The molecule has 2 saturated heterocycles. The summed E-state index contributed by atoms with van der Waals surface area (Å²) in [5, 5.41) is 9.84. The summed E-state index contributed by atoms with van der Waals surface area (Å²) in [7, 11) is 0. The minimum absolute atomic E-state index is 0.0128. The molecule has 30 heavy (non-hydrogen) atoms. The number of imide groups is 1. The standard InChI is InChI=1S/C20H18FN7O2/c21-14-6-7-27(11-14)19-25-17-13(8-12-9-16(29)24-18(12)30)10-22-28(17)20(26-19)23-15-4-2-1-3-5-15/h1-5,8,10,14H,6-7,9,11H2,(H,23,25,26)(H,24,29,30)/b12-8+. The first-order valence-electron chi connectivity index (χ1n) is 9.58. The van der Waals surface area contributed by atoms with Crippen LogP contribution in [0.1, 0.15) is 18.4 Å². The molecule has 2 N–H and O–H groups in total. The molecule has 1 aromatic carbocycles. The molecule has 0 spiro atoms. The van der Waals surface area contributed by atoms with Crippen LogP contribution in [0.25, 0.3) is 11.7 Å². The van der Waals surface area contributed by atoms with Crippen LogP contribution in [0.3, 0.4) is 0 Å². The van der Waals surface area contributed by atoms with Crippen molar-refractivity contribution in [1.29, 1.82) is 0 Å². The molecule has 1 atom stereocenters. The summed E-state index contributed by atoms with van der Waals surface area (Å²) in [6, 6.07) is 9.47. The second kappa shape index (κ2) is 7.21. The first-order chi connectivity index (χ1) is 14.6. The van der Waals surface area contributed by atoms with Crippen molar-refractivity contribution in [2.24, 2.45) is 0 Å². The Bertz CT molecular complexity index is 1170. The van der Waals surface area contributed by atoms with Crippen molar-refractivity contribution in [2.75, 3.05) is 23.3 Å². The summed E-state index contributed by atoms with van der Waals surface area (Å²) in [4.78, 5) is 34.4. The molecule has 152 valence electrons. The molecular weight excluding hydrogens is 389 g/mol. The molecule has 2 amide bonds. The van der Waals surface area contributed by atoms with Gasteiger partial charge in [-0.1, -0.05) is 18.2 Å². The van der Waals surface area contributed by atoms with Gasteiger partial charge >= 0.3 is 0 Å². The van der Waals surface area contributed by atoms with E-state index in [9.17, 15) is 14.0 Å². The number of halogens is 1. The minimum Gasteiger partial charge on any atom is -0.338 e. The topological polar surface area (TPSA) is 105 Å². The predicted octanol–water partition coefficient (Wildman–Crippen LogP) is 1.85. The Morgan fingerprint density at radius 1 is 1.20 bits per heavy atom. The smallest absolute Gasteiger partial charge is 0.254 e. The molecule has 4 heterocycles. The number of nitrogens with zero attached hydrogens (tertiary/aromatic N) is 5. The Labute approximate surface area is 170 Å². The summed E-state index contributed by atoms with van der Waals surface area (Å²) in [6.45, 7) is 0.742. The monoisotopic (exact) mass is 407 g/mol. The van der Waals surface area contributed by atoms with E-state index in [1.807, 2.05) is 30.3 Å². The Kier molecular flexibility index (Phi) is 4.38. The molecule has 2 aromatic heterocycles. The van der Waals surface area contributed by atoms with E-state index < -0.39 is 12.1 Å². The molecule has 1 unspecified atom stereocenters. The largest absolute Gasteiger partial charge is 0.338 e. The van der Waals surface area contributed by atoms with Gasteiger partial charge in [0, 0.05) is 23.4 Å². The zero-order valence-electron chi connectivity index (χ0n) is 15.9. The number of carbonyl (C=O) groups excluding carboxylic acids is 2. The summed E-state index contributed by atoms with van der Waals surface area (Å²) >= 11 is 0. The maximum absolute atomic E-state index is 13.8. The van der Waals surface area contributed by atoms with Gasteiger partial charge in [-0.25, -0.2) is 4.39 Å². The average Bonchev–Trinajstić information content (AvgIpc) is 3.42. The van der Waals surface area contributed by atoms with Crippen LogP contribution in [-0.4, -0.2) is 50.7 Å². The van der Waals surface area contributed by atoms with Crippen LogP contribution in [-0.2, 0) is 9.59 Å². The lowest BCUT2D eigenvalue weighted by atomic mass is 10.1. The maximum atomic E-state index is 13.8. The van der Waals surface area contributed by atoms with Crippen molar-refractivity contribution >= 4 is 41.1 Å². The molecule has 0 saturated carbocycles. The number of hydrogen-bond acceptors (Lipinski definition) is 7. The fourth-order valence-corrected chi connectivity index (χ4v) is 3.57. The van der Waals surface area contributed by atoms with E-state index in [4.69, 9.17) is 0 Å². The Balaban J connectivity index is 1.61. The van der Waals surface area contributed by atoms with Gasteiger partial charge in [-0.15, -0.1) is 0 Å². The summed E-state index contributed by atoms with van der Waals surface area (Å²) < 4.78 is 15.3. The van der Waals surface area contributed by atoms with Crippen LogP contribution in [0.2, 0.25) is 0 Å². The van der Waals surface area contributed by atoms with Crippen molar-refractivity contribution in [3.63, 3.8) is 0 Å². The number of alkyl halides is 1. The van der Waals surface area contributed by atoms with Crippen molar-refractivity contribution < 1.29 is 14.0 Å². The summed E-state index contributed by atoms with van der Waals surface area (Å²) in [5.74, 6) is 0.0416. The molecule has 2 aliphatic rings. The first kappa shape index (κ1) is 18.2. The second-order valence-corrected chi connectivity index (χ2v) is 7.23. The van der Waals surface area contributed by atoms with E-state index >= 15 is 0 Å². The molecule has 2 fully saturated rings. The Morgan fingerprint density at radius 3 is 2.73 bits per heavy atom. The van der Waals surface area contributed by atoms with Crippen LogP contribution < -0.4 is 15.5 Å². The molecule has 0 radical (unpaired) electrons. The predicted molar refractivity (Wildman–Crippen MR) is 108 cm³/mol. The minimum atomic E-state index is -0.921. The van der Waals surface area contributed by atoms with Gasteiger partial charge in [0.05, 0.1) is 19.2 Å². The van der Waals surface area contributed by atoms with Gasteiger partial charge in [0.25, 0.3) is 5.91 Å². The van der Waals surface area contributed by atoms with E-state index in [0.717, 1.165) is 5.69 Å². The lowest BCUT2D eigenvalue weighted by Crippen LogP contribution is -2.23. The first-order valence-corrected chi connectivity index (χ1v) is 9.58. The number of nitrogens with one attached hydrogen (secondary N) is 2. The fraction of sp³-hybridized carbons (Fsp3) is 0.250. The van der Waals surface area contributed by atoms with Gasteiger partial charge in [0.2, 0.25) is 17.8 Å². The quantitative estimate of drug-likeness (QED) is 0.502. The lowest BCUT2D eigenvalue weighted by molar-refractivity contribution is -0.124. The summed E-state index contributed by atoms with van der Waals surface area (Å²) in [5.41, 5.74) is 2.19. The molecule has 3 aromatic rings. The van der Waals surface area contributed by atoms with E-state index in [1.54, 1.807) is 17.2 Å². The van der Waals surface area contributed by atoms with Gasteiger partial charge in [0.15, 0.2) is 5.65 Å². The number of aromatic nitrogens is 4. The third-order valence-electron chi connectivity index (χ3n) is 5.05. The highest BCUT2D eigenvalue weighted by molar-refractivity contribution is 6.15. The van der Waals surface area contributed by atoms with Crippen LogP contribution >= 0.6 is 0 Å². The number of amides is 2. The number of anilines is 3. The van der Waals surface area contributed by atoms with Gasteiger partial charge in [0.1, 0.15) is 6.17 Å². The van der Waals surface area contributed by atoms with Crippen LogP contribution in [0, 0.1) is 0 Å². The fourth-order valence-electron chi connectivity index (χ4n) is 3.57. The molecule has 0 aliphatic carbocycles. The average molecular weight is 407 g/mol. The highest BCUT2D eigenvalue weighted by Gasteiger charge is 2.27. The lowest BCUT2D eigenvalue weighted by Gasteiger charge is -2.17. The second-order valence-electron chi connectivity index (χ2n) is 7.23. The van der Waals surface area contributed by atoms with Crippen LogP contribution in [0.5, 0.6) is 0 Å². The van der Waals surface area contributed by atoms with Crippen LogP contribution in [0.4, 0.5) is 22.0 Å². The molecule has 10 heteroatoms. The Morgan fingerprint density at radius 2 is 2.03 bits per heavy atom. The van der Waals surface area contributed by atoms with Gasteiger partial charge in [-0.2, -0.15) is 19.6 Å². The van der Waals surface area contributed by atoms with E-state index in [2.05, 4.69) is 25.7 Å². The highest BCUT2D eigenvalue weighted by Crippen LogP contribution is 2.25. The number of hydrogen-bond donors (Lipinski definition) is 2. The molecule has 0 bridgehead atoms. The number of carbonyl (C=O) groups is 2. The third kappa shape index (κ3) is 3.36. The van der Waals surface area contributed by atoms with Crippen molar-refractivity contribution in [3.8, 4) is 0 Å². The summed E-state index contributed by atoms with van der Waals surface area (Å²) in [6.07, 6.45) is 2.69. The van der Waals surface area contributed by atoms with Gasteiger partial charge < -0.3 is 10.2 Å². The zero-order chi connectivity index (χ0) is 20.7. The van der Waals surface area contributed by atoms with Crippen LogP contribution in [0.15, 0.2) is 42.1 Å². The molecule has 9 nitrogen and oxygen atoms in total. The number of fused-ring (bicyclic) bond motifs is 1. The number of benzene rings is 1. The molecular formula is C20H18FN7O2. The van der Waals surface area contributed by atoms with Crippen molar-refractivity contribution in [3.05, 3.63) is 47.7 Å². The normalized spacial score (nSPS) is 20.4.